The van der Waals surface area contributed by atoms with Crippen LogP contribution in [0.2, 0.25) is 0 Å². The number of nitrogens with one attached hydrogen (secondary N) is 4. The van der Waals surface area contributed by atoms with E-state index >= 15 is 0 Å². The molecule has 2 saturated heterocycles. The number of nitrogens with zero attached hydrogens (tertiary/aromatic N) is 4. The van der Waals surface area contributed by atoms with Crippen molar-refractivity contribution in [2.75, 3.05) is 92.6 Å². The second-order valence-electron chi connectivity index (χ2n) is 45.7. The first-order valence-electron chi connectivity index (χ1n) is 51.6. The van der Waals surface area contributed by atoms with E-state index in [1.54, 1.807) is 47.6 Å². The van der Waals surface area contributed by atoms with Crippen molar-refractivity contribution in [3.63, 3.8) is 0 Å². The fourth-order valence-electron chi connectivity index (χ4n) is 10.8. The quantitative estimate of drug-likeness (QED) is 0.00674. The molecule has 2 rings (SSSR count). The molecular formula is C110H223KN12O22. The zero-order valence-electron chi connectivity index (χ0n) is 101. The number of carbonyl (C=O) groups is 12. The van der Waals surface area contributed by atoms with Gasteiger partial charge in [-0.3, -0.25) is 28.8 Å². The molecule has 2 aliphatic heterocycles. The molecule has 2 heterocycles. The molecule has 2 fully saturated rings. The number of quaternary nitrogens is 1. The number of rotatable bonds is 43. The summed E-state index contributed by atoms with van der Waals surface area (Å²) in [6.07, 6.45) is 11.0. The number of carboxylic acid groups (broad SMARTS) is 2. The van der Waals surface area contributed by atoms with E-state index in [1.807, 2.05) is 125 Å². The third kappa shape index (κ3) is 82.1. The van der Waals surface area contributed by atoms with Gasteiger partial charge in [-0.15, -0.1) is 0 Å². The Morgan fingerprint density at radius 3 is 1.12 bits per heavy atom. The van der Waals surface area contributed by atoms with Crippen molar-refractivity contribution in [1.29, 1.82) is 10.5 Å². The standard InChI is InChI=1S/C18H34N4O.C14H27NO4.C12H23NO3.C12H21NO3.C9H17N3.C9H19NO2.C9H18O2.C7H14O2.C7H16O.C7H14O.C4H9NO2.CH3O.CH3.K.2H2/c1-6-9-22-10-7-18(13-19,8-11-22)21-16(23)15(20)12-17(4,5)14(2)3;1-9(2)14(6,7)8-10(11(16)17)15-12(18)19-13(3,4)5;2*1-6-16-11(15)10(13-8-14)7-12(4,5)9(2)3;1-2-5-12-6-3-9(11,8-10)4-7-12;1-6(2)9(3,4)5-7(10)8(11)12;1-6-11-8(10)9(4,5)7(2)3;1-4-9-7(8)5-6(2)3;2*1-6(2)7(3,4)5-8;1-2-7-4(6)3-5;1-2;;;;/h14-15H,6-12,20H2,1-5H3,(H,21,23);9-10H,8H2,1-7H3,(H,15,18)(H,16,17);8-10H,6-7H2,1-5H3,(H,13,14);7-9H,6H2,1-5H3,(H,13,14);2-7,11H2,1H3;6-7H,5,10H2,1-4H3,(H,11,12);7H,6H2,1-5H3;6H,4-5H2,1-3H3;6,8H,5H2,1-4H3;5-6H,1-4H3;2-3,5H2,1H3;1H3;1H3;;2*1H/q;;;;;;;;;;;2*-1;+1;;/p+1/b;;;10-7+;;;;;;;;;;;;. The van der Waals surface area contributed by atoms with Crippen LogP contribution in [0.5, 0.6) is 0 Å². The molecule has 0 aromatic rings. The minimum absolute atomic E-state index is 0. The fourth-order valence-corrected chi connectivity index (χ4v) is 10.8. The number of nitrogens with two attached hydrogens (primary N) is 3. The number of amides is 4. The van der Waals surface area contributed by atoms with Crippen molar-refractivity contribution < 1.29 is 166 Å². The van der Waals surface area contributed by atoms with Crippen molar-refractivity contribution in [2.24, 2.45) is 114 Å². The molecule has 4 atom stereocenters. The van der Waals surface area contributed by atoms with E-state index in [1.165, 1.54) is 6.42 Å². The van der Waals surface area contributed by atoms with Crippen molar-refractivity contribution >= 4 is 72.9 Å². The zero-order chi connectivity index (χ0) is 115. The van der Waals surface area contributed by atoms with Crippen molar-refractivity contribution in [2.45, 2.75) is 416 Å². The molecule has 0 bridgehead atoms. The minimum atomic E-state index is -1.04. The Labute approximate surface area is 927 Å². The number of aldehydes is 1. The van der Waals surface area contributed by atoms with Crippen molar-refractivity contribution in [1.82, 2.24) is 31.1 Å². The number of carbonyl (C=O) groups excluding carboxylic acids is 10. The molecule has 34 nitrogen and oxygen atoms in total. The summed E-state index contributed by atoms with van der Waals surface area (Å²) in [4.78, 5) is 137. The molecule has 2 aliphatic rings. The van der Waals surface area contributed by atoms with Gasteiger partial charge >= 0.3 is 99.3 Å². The van der Waals surface area contributed by atoms with E-state index in [2.05, 4.69) is 192 Å². The van der Waals surface area contributed by atoms with Crippen LogP contribution < -0.4 is 101 Å². The molecule has 35 heteroatoms. The van der Waals surface area contributed by atoms with Gasteiger partial charge in [0.25, 0.3) is 0 Å². The van der Waals surface area contributed by atoms with Gasteiger partial charge < -0.3 is 115 Å². The number of ether oxygens (including phenoxy) is 6. The van der Waals surface area contributed by atoms with Gasteiger partial charge in [0.15, 0.2) is 6.54 Å². The Balaban J connectivity index is -0.000000112. The molecule has 0 saturated carbocycles. The molecule has 856 valence electrons. The third-order valence-corrected chi connectivity index (χ3v) is 27.1. The summed E-state index contributed by atoms with van der Waals surface area (Å²) in [7, 11) is 0.750. The predicted octanol–water partition coefficient (Wildman–Crippen LogP) is 14.2. The van der Waals surface area contributed by atoms with Gasteiger partial charge in [0.05, 0.1) is 56.6 Å². The largest absolute Gasteiger partial charge is 1.00 e. The number of aliphatic hydroxyl groups is 1. The van der Waals surface area contributed by atoms with E-state index in [0.717, 1.165) is 71.9 Å². The summed E-state index contributed by atoms with van der Waals surface area (Å²) in [6.45, 7) is 96.4. The Morgan fingerprint density at radius 2 is 0.855 bits per heavy atom. The number of nitriles is 2. The van der Waals surface area contributed by atoms with Crippen LogP contribution in [-0.2, 0) is 81.2 Å². The first kappa shape index (κ1) is 164. The normalized spacial score (nSPS) is 14.4. The van der Waals surface area contributed by atoms with Crippen LogP contribution in [0, 0.1) is 127 Å². The van der Waals surface area contributed by atoms with E-state index in [4.69, 9.17) is 61.5 Å². The Morgan fingerprint density at radius 1 is 0.490 bits per heavy atom. The molecule has 4 unspecified atom stereocenters. The molecule has 145 heavy (non-hydrogen) atoms. The number of hydrogen-bond acceptors (Lipinski definition) is 27. The Bertz CT molecular complexity index is 3590. The molecule has 4 amide bonds. The first-order chi connectivity index (χ1) is 65.1. The van der Waals surface area contributed by atoms with Gasteiger partial charge in [-0.1, -0.05) is 235 Å². The zero-order valence-corrected chi connectivity index (χ0v) is 104. The van der Waals surface area contributed by atoms with Gasteiger partial charge in [-0.05, 0) is 238 Å². The summed E-state index contributed by atoms with van der Waals surface area (Å²) < 4.78 is 29.0. The van der Waals surface area contributed by atoms with Crippen LogP contribution in [0.1, 0.15) is 378 Å². The minimum Gasteiger partial charge on any atom is -0.857 e. The molecule has 0 aliphatic carbocycles. The molecular weight excluding hydrogens is 1880 g/mol. The van der Waals surface area contributed by atoms with Gasteiger partial charge in [-0.2, -0.15) is 17.6 Å². The maximum Gasteiger partial charge on any atom is 1.00 e. The van der Waals surface area contributed by atoms with Gasteiger partial charge in [0, 0.05) is 47.5 Å². The summed E-state index contributed by atoms with van der Waals surface area (Å²) in [5, 5.41) is 63.5. The summed E-state index contributed by atoms with van der Waals surface area (Å²) >= 11 is 0. The van der Waals surface area contributed by atoms with E-state index < -0.39 is 64.8 Å². The second-order valence-corrected chi connectivity index (χ2v) is 45.7. The van der Waals surface area contributed by atoms with Crippen molar-refractivity contribution in [3.05, 3.63) is 19.2 Å². The summed E-state index contributed by atoms with van der Waals surface area (Å²) in [6, 6.07) is 1.75. The van der Waals surface area contributed by atoms with Gasteiger partial charge in [0.2, 0.25) is 18.7 Å². The number of aliphatic carboxylic acids is 2. The summed E-state index contributed by atoms with van der Waals surface area (Å²) in [5.41, 5.74) is 18.2. The van der Waals surface area contributed by atoms with Gasteiger partial charge in [0.1, 0.15) is 46.8 Å². The fraction of sp³-hybridized carbons (Fsp3) is 0.845. The van der Waals surface area contributed by atoms with Crippen molar-refractivity contribution in [3.8, 4) is 12.1 Å². The van der Waals surface area contributed by atoms with Gasteiger partial charge in [-0.25, -0.2) is 24.0 Å². The average molecular weight is 2110 g/mol. The molecule has 0 aromatic heterocycles. The maximum atomic E-state index is 12.5. The number of allylic oxidation sites excluding steroid dienone is 1. The van der Waals surface area contributed by atoms with E-state index in [-0.39, 0.29) is 154 Å². The van der Waals surface area contributed by atoms with Crippen LogP contribution in [0.15, 0.2) is 11.8 Å². The number of piperidine rings is 2. The first-order valence-corrected chi connectivity index (χ1v) is 51.6. The number of alkyl carbamates (subject to hydrolysis) is 1. The molecule has 0 radical (unpaired) electrons. The van der Waals surface area contributed by atoms with Crippen LogP contribution in [0.25, 0.3) is 0 Å². The maximum absolute atomic E-state index is 12.5. The number of hydrogen-bond donors (Lipinski definition) is 11. The topological polar surface area (TPSA) is 552 Å². The summed E-state index contributed by atoms with van der Waals surface area (Å²) in [5.74, 6) is 0.298. The molecule has 16 N–H and O–H groups in total. The van der Waals surface area contributed by atoms with Crippen LogP contribution in [-0.4, -0.2) is 231 Å². The molecule has 0 spiro atoms. The van der Waals surface area contributed by atoms with Crippen LogP contribution in [0.4, 0.5) is 4.79 Å². The number of aliphatic hydroxyl groups excluding tert-OH is 1. The smallest absolute Gasteiger partial charge is 0.857 e. The average Bonchev–Trinajstić information content (AvgIpc) is 0.817. The number of likely N-dealkylation sites (tertiary alicyclic amines) is 2. The number of esters is 5. The van der Waals surface area contributed by atoms with E-state index in [0.29, 0.717) is 144 Å². The predicted molar refractivity (Wildman–Crippen MR) is 583 cm³/mol. The van der Waals surface area contributed by atoms with Crippen LogP contribution in [0.3, 0.4) is 0 Å². The second kappa shape index (κ2) is 84.3. The SMILES string of the molecule is CC(C)C(C)(C)C=O.CC(C)C(C)(C)CC(N)C(=O)O.CC(C)C(C)(C)CC(NC(=O)OC(C)(C)C)C(=O)O.CC(C)C(C)(C)CO.CCCN1CCC(C#N)(NC(=O)C(N)CC(C)(C)C(C)C)CC1.CCCN1CCC(N)(C#N)CC1.CCOC(=O)/C(=C\C(C)(C)C(C)C)NC=O.CCOC(=O)C(C)(C)C(C)C.CCOC(=O)C(CC(C)(C)C(C)C)NC=O.CCOC(=O)CC(C)C.CCOC(=O)C[NH3+].C[O-].[CH3-].[HH].[HH].[K+]. The van der Waals surface area contributed by atoms with Crippen LogP contribution >= 0.6 is 0 Å². The third-order valence-electron chi connectivity index (χ3n) is 27.1. The Hall–Kier alpha value is -6.32. The van der Waals surface area contributed by atoms with E-state index in [9.17, 15) is 67.9 Å². The monoisotopic (exact) mass is 2100 g/mol. The Kier molecular flexibility index (Phi) is 95.2. The number of carboxylic acids is 2. The molecule has 0 aromatic carbocycles.